The smallest absolute Gasteiger partial charge is 0.243 e. The predicted octanol–water partition coefficient (Wildman–Crippen LogP) is 4.77. The van der Waals surface area contributed by atoms with E-state index in [1.165, 1.54) is 0 Å². The minimum atomic E-state index is -0.408. The summed E-state index contributed by atoms with van der Waals surface area (Å²) in [6.45, 7) is 0. The number of amides is 2. The Labute approximate surface area is 203 Å². The van der Waals surface area contributed by atoms with Crippen molar-refractivity contribution >= 4 is 40.0 Å². The zero-order chi connectivity index (χ0) is 24.6. The molecule has 2 aromatic carbocycles. The highest BCUT2D eigenvalue weighted by atomic mass is 16.5. The maximum atomic E-state index is 12.1. The summed E-state index contributed by atoms with van der Waals surface area (Å²) in [6.07, 6.45) is 6.47. The second kappa shape index (κ2) is 11.3. The molecule has 0 bridgehead atoms. The van der Waals surface area contributed by atoms with Crippen molar-refractivity contribution in [2.45, 2.75) is 32.1 Å². The van der Waals surface area contributed by atoms with Crippen LogP contribution in [-0.2, 0) is 16.6 Å². The van der Waals surface area contributed by atoms with Gasteiger partial charge in [0.25, 0.3) is 0 Å². The van der Waals surface area contributed by atoms with Crippen LogP contribution >= 0.6 is 0 Å². The number of fused-ring (bicyclic) bond motifs is 1. The highest BCUT2D eigenvalue weighted by Gasteiger charge is 2.11. The molecule has 0 aliphatic carbocycles. The summed E-state index contributed by atoms with van der Waals surface area (Å²) in [5.74, 6) is -0.000576. The van der Waals surface area contributed by atoms with Gasteiger partial charge in [-0.25, -0.2) is 15.4 Å². The molecule has 0 unspecified atom stereocenters. The molecule has 0 aliphatic rings. The maximum absolute atomic E-state index is 12.1. The van der Waals surface area contributed by atoms with Gasteiger partial charge in [-0.2, -0.15) is 0 Å². The van der Waals surface area contributed by atoms with E-state index in [9.17, 15) is 9.59 Å². The number of nitrogens with zero attached hydrogens (tertiary/aromatic N) is 3. The van der Waals surface area contributed by atoms with Gasteiger partial charge in [0.2, 0.25) is 17.8 Å². The minimum Gasteiger partial charge on any atom is -0.350 e. The van der Waals surface area contributed by atoms with Crippen molar-refractivity contribution < 1.29 is 14.8 Å². The summed E-state index contributed by atoms with van der Waals surface area (Å²) in [6, 6.07) is 17.5. The number of hydrogen-bond donors (Lipinski definition) is 4. The number of rotatable bonds is 10. The van der Waals surface area contributed by atoms with Gasteiger partial charge in [-0.05, 0) is 49.2 Å². The van der Waals surface area contributed by atoms with Gasteiger partial charge in [0.05, 0.1) is 5.69 Å². The molecule has 2 amide bonds. The van der Waals surface area contributed by atoms with Crippen molar-refractivity contribution in [1.82, 2.24) is 20.0 Å². The fourth-order valence-electron chi connectivity index (χ4n) is 3.91. The molecule has 0 atom stereocenters. The number of hydrogen-bond acceptors (Lipinski definition) is 6. The Morgan fingerprint density at radius 3 is 2.40 bits per heavy atom. The lowest BCUT2D eigenvalue weighted by atomic mass is 10.1. The van der Waals surface area contributed by atoms with E-state index < -0.39 is 5.91 Å². The van der Waals surface area contributed by atoms with Crippen LogP contribution in [0, 0.1) is 0 Å². The third-order valence-corrected chi connectivity index (χ3v) is 5.69. The van der Waals surface area contributed by atoms with Crippen molar-refractivity contribution in [3.05, 3.63) is 67.0 Å². The minimum absolute atomic E-state index is 0.0801. The molecule has 9 heteroatoms. The molecule has 0 aliphatic heterocycles. The van der Waals surface area contributed by atoms with E-state index in [-0.39, 0.29) is 12.3 Å². The van der Waals surface area contributed by atoms with E-state index in [0.29, 0.717) is 30.9 Å². The normalized spacial score (nSPS) is 10.8. The first-order chi connectivity index (χ1) is 17.0. The van der Waals surface area contributed by atoms with Gasteiger partial charge in [-0.3, -0.25) is 14.8 Å². The first-order valence-electron chi connectivity index (χ1n) is 11.5. The quantitative estimate of drug-likeness (QED) is 0.150. The lowest BCUT2D eigenvalue weighted by molar-refractivity contribution is -0.129. The Bertz CT molecular complexity index is 1320. The van der Waals surface area contributed by atoms with Crippen LogP contribution in [0.3, 0.4) is 0 Å². The molecular weight excluding hydrogens is 444 g/mol. The van der Waals surface area contributed by atoms with Crippen molar-refractivity contribution in [2.75, 3.05) is 10.6 Å². The van der Waals surface area contributed by atoms with E-state index in [4.69, 9.17) is 10.2 Å². The molecule has 0 saturated heterocycles. The maximum Gasteiger partial charge on any atom is 0.243 e. The molecule has 0 radical (unpaired) electrons. The van der Waals surface area contributed by atoms with Crippen LogP contribution in [0.4, 0.5) is 17.3 Å². The Kier molecular flexibility index (Phi) is 7.69. The molecule has 4 aromatic rings. The summed E-state index contributed by atoms with van der Waals surface area (Å²) in [4.78, 5) is 32.1. The standard InChI is InChI=1S/C26H28N6O3/c1-32-17-21(20-7-5-6-8-23(20)32)22-15-16-27-26(30-22)29-19-13-11-18(12-14-19)28-24(33)9-3-2-4-10-25(34)31-35/h5-8,11-17,35H,2-4,9-10H2,1H3,(H,28,33)(H,31,34)(H,27,29,30). The van der Waals surface area contributed by atoms with Gasteiger partial charge in [0.15, 0.2) is 0 Å². The number of carbonyl (C=O) groups is 2. The van der Waals surface area contributed by atoms with Gasteiger partial charge in [0, 0.05) is 60.1 Å². The van der Waals surface area contributed by atoms with Gasteiger partial charge in [-0.1, -0.05) is 24.6 Å². The molecule has 0 saturated carbocycles. The number of hydroxylamine groups is 1. The summed E-state index contributed by atoms with van der Waals surface area (Å²) >= 11 is 0. The average Bonchev–Trinajstić information content (AvgIpc) is 3.21. The number of unbranched alkanes of at least 4 members (excludes halogenated alkanes) is 2. The Morgan fingerprint density at radius 2 is 1.63 bits per heavy atom. The average molecular weight is 473 g/mol. The molecule has 2 heterocycles. The number of aryl methyl sites for hydroxylation is 1. The molecule has 4 rings (SSSR count). The number of aromatic nitrogens is 3. The van der Waals surface area contributed by atoms with Crippen LogP contribution in [0.25, 0.3) is 22.2 Å². The fraction of sp³-hybridized carbons (Fsp3) is 0.231. The Hall–Kier alpha value is -4.24. The number of benzene rings is 2. The summed E-state index contributed by atoms with van der Waals surface area (Å²) in [7, 11) is 2.02. The number of nitrogens with one attached hydrogen (secondary N) is 3. The van der Waals surface area contributed by atoms with Gasteiger partial charge >= 0.3 is 0 Å². The Morgan fingerprint density at radius 1 is 0.914 bits per heavy atom. The number of para-hydroxylation sites is 1. The van der Waals surface area contributed by atoms with Crippen LogP contribution in [0.5, 0.6) is 0 Å². The van der Waals surface area contributed by atoms with Crippen LogP contribution in [0.15, 0.2) is 67.0 Å². The highest BCUT2D eigenvalue weighted by molar-refractivity contribution is 5.95. The van der Waals surface area contributed by atoms with Crippen LogP contribution in [0.1, 0.15) is 32.1 Å². The van der Waals surface area contributed by atoms with Gasteiger partial charge < -0.3 is 15.2 Å². The second-order valence-corrected chi connectivity index (χ2v) is 8.28. The molecular formula is C26H28N6O3. The second-order valence-electron chi connectivity index (χ2n) is 8.28. The first-order valence-corrected chi connectivity index (χ1v) is 11.5. The lowest BCUT2D eigenvalue weighted by Crippen LogP contribution is -2.17. The van der Waals surface area contributed by atoms with Crippen molar-refractivity contribution in [3.63, 3.8) is 0 Å². The fourth-order valence-corrected chi connectivity index (χ4v) is 3.91. The topological polar surface area (TPSA) is 121 Å². The van der Waals surface area contributed by atoms with Crippen molar-refractivity contribution in [1.29, 1.82) is 0 Å². The van der Waals surface area contributed by atoms with E-state index in [1.54, 1.807) is 11.7 Å². The highest BCUT2D eigenvalue weighted by Crippen LogP contribution is 2.29. The van der Waals surface area contributed by atoms with E-state index in [0.717, 1.165) is 34.3 Å². The van der Waals surface area contributed by atoms with Gasteiger partial charge in [-0.15, -0.1) is 0 Å². The molecule has 4 N–H and O–H groups in total. The van der Waals surface area contributed by atoms with Gasteiger partial charge in [0.1, 0.15) is 0 Å². The van der Waals surface area contributed by atoms with E-state index in [1.807, 2.05) is 49.5 Å². The van der Waals surface area contributed by atoms with E-state index >= 15 is 0 Å². The SMILES string of the molecule is Cn1cc(-c2ccnc(Nc3ccc(NC(=O)CCCCCC(=O)NO)cc3)n2)c2ccccc21. The van der Waals surface area contributed by atoms with Crippen LogP contribution in [0.2, 0.25) is 0 Å². The molecule has 0 spiro atoms. The molecule has 0 fully saturated rings. The first kappa shape index (κ1) is 23.9. The number of carbonyl (C=O) groups excluding carboxylic acids is 2. The molecule has 35 heavy (non-hydrogen) atoms. The van der Waals surface area contributed by atoms with Crippen LogP contribution < -0.4 is 16.1 Å². The van der Waals surface area contributed by atoms with Crippen molar-refractivity contribution in [3.8, 4) is 11.3 Å². The Balaban J connectivity index is 1.33. The monoisotopic (exact) mass is 472 g/mol. The number of anilines is 3. The van der Waals surface area contributed by atoms with E-state index in [2.05, 4.69) is 38.5 Å². The van der Waals surface area contributed by atoms with Crippen molar-refractivity contribution in [2.24, 2.45) is 7.05 Å². The summed E-state index contributed by atoms with van der Waals surface area (Å²) in [5, 5.41) is 15.7. The third-order valence-electron chi connectivity index (χ3n) is 5.69. The molecule has 2 aromatic heterocycles. The molecule has 9 nitrogen and oxygen atoms in total. The zero-order valence-electron chi connectivity index (χ0n) is 19.5. The largest absolute Gasteiger partial charge is 0.350 e. The third kappa shape index (κ3) is 6.21. The summed E-state index contributed by atoms with van der Waals surface area (Å²) in [5.41, 5.74) is 6.13. The molecule has 180 valence electrons. The summed E-state index contributed by atoms with van der Waals surface area (Å²) < 4.78 is 2.09. The van der Waals surface area contributed by atoms with Crippen LogP contribution in [-0.4, -0.2) is 31.6 Å². The predicted molar refractivity (Wildman–Crippen MR) is 135 cm³/mol. The zero-order valence-corrected chi connectivity index (χ0v) is 19.5. The lowest BCUT2D eigenvalue weighted by Gasteiger charge is -2.09.